The first-order valence-electron chi connectivity index (χ1n) is 3.82. The van der Waals surface area contributed by atoms with Crippen molar-refractivity contribution in [2.75, 3.05) is 6.54 Å². The first-order valence-corrected chi connectivity index (χ1v) is 4.70. The van der Waals surface area contributed by atoms with E-state index >= 15 is 0 Å². The fraction of sp³-hybridized carbons (Fsp3) is 0.375. The summed E-state index contributed by atoms with van der Waals surface area (Å²) in [7, 11) is 0. The van der Waals surface area contributed by atoms with E-state index < -0.39 is 5.97 Å². The largest absolute Gasteiger partial charge is 0.477 e. The monoisotopic (exact) mass is 183 g/mol. The van der Waals surface area contributed by atoms with Crippen LogP contribution in [0, 0.1) is 0 Å². The first-order chi connectivity index (χ1) is 5.77. The van der Waals surface area contributed by atoms with E-state index in [1.807, 2.05) is 5.38 Å². The zero-order valence-corrected chi connectivity index (χ0v) is 7.23. The van der Waals surface area contributed by atoms with E-state index in [-0.39, 0.29) is 0 Å². The summed E-state index contributed by atoms with van der Waals surface area (Å²) >= 11 is 1.30. The molecule has 4 heteroatoms. The standard InChI is InChI=1S/C8H9NO2S/c10-8(11)7-3-5(4-12-7)6-1-2-9-6/h3-4,6,9H,1-2H2,(H,10,11)/t6-/m1/s1. The van der Waals surface area contributed by atoms with E-state index in [0.717, 1.165) is 18.5 Å². The van der Waals surface area contributed by atoms with Gasteiger partial charge in [0, 0.05) is 6.04 Å². The van der Waals surface area contributed by atoms with Gasteiger partial charge in [0.25, 0.3) is 0 Å². The van der Waals surface area contributed by atoms with Crippen LogP contribution in [0.2, 0.25) is 0 Å². The van der Waals surface area contributed by atoms with Crippen LogP contribution in [-0.2, 0) is 0 Å². The molecule has 1 aromatic heterocycles. The number of rotatable bonds is 2. The van der Waals surface area contributed by atoms with Crippen molar-refractivity contribution in [3.05, 3.63) is 21.9 Å². The smallest absolute Gasteiger partial charge is 0.345 e. The number of carbonyl (C=O) groups is 1. The summed E-state index contributed by atoms with van der Waals surface area (Å²) in [6.45, 7) is 1.04. The predicted molar refractivity (Wildman–Crippen MR) is 46.6 cm³/mol. The summed E-state index contributed by atoms with van der Waals surface area (Å²) in [5.41, 5.74) is 1.11. The number of aromatic carboxylic acids is 1. The van der Waals surface area contributed by atoms with Crippen molar-refractivity contribution in [3.63, 3.8) is 0 Å². The lowest BCUT2D eigenvalue weighted by atomic mass is 10.0. The molecule has 2 rings (SSSR count). The van der Waals surface area contributed by atoms with Gasteiger partial charge in [-0.05, 0) is 30.0 Å². The second kappa shape index (κ2) is 2.88. The van der Waals surface area contributed by atoms with Gasteiger partial charge in [0.1, 0.15) is 4.88 Å². The Hall–Kier alpha value is -0.870. The van der Waals surface area contributed by atoms with Gasteiger partial charge in [-0.15, -0.1) is 11.3 Å². The normalized spacial score (nSPS) is 21.8. The lowest BCUT2D eigenvalue weighted by Crippen LogP contribution is -2.34. The number of nitrogens with one attached hydrogen (secondary N) is 1. The third-order valence-corrected chi connectivity index (χ3v) is 2.99. The minimum atomic E-state index is -0.828. The highest BCUT2D eigenvalue weighted by Crippen LogP contribution is 2.27. The van der Waals surface area contributed by atoms with Crippen LogP contribution in [0.5, 0.6) is 0 Å². The zero-order chi connectivity index (χ0) is 8.55. The van der Waals surface area contributed by atoms with Crippen LogP contribution >= 0.6 is 11.3 Å². The summed E-state index contributed by atoms with van der Waals surface area (Å²) in [5.74, 6) is -0.828. The molecular weight excluding hydrogens is 174 g/mol. The Morgan fingerprint density at radius 1 is 1.75 bits per heavy atom. The highest BCUT2D eigenvalue weighted by atomic mass is 32.1. The minimum absolute atomic E-state index is 0.398. The zero-order valence-electron chi connectivity index (χ0n) is 6.41. The number of hydrogen-bond acceptors (Lipinski definition) is 3. The maximum Gasteiger partial charge on any atom is 0.345 e. The molecule has 2 heterocycles. The van der Waals surface area contributed by atoms with Crippen molar-refractivity contribution in [1.82, 2.24) is 5.32 Å². The molecule has 3 nitrogen and oxygen atoms in total. The molecule has 0 bridgehead atoms. The van der Waals surface area contributed by atoms with Crippen LogP contribution in [0.4, 0.5) is 0 Å². The summed E-state index contributed by atoms with van der Waals surface area (Å²) in [5, 5.41) is 13.8. The molecule has 1 saturated heterocycles. The van der Waals surface area contributed by atoms with E-state index in [1.165, 1.54) is 11.3 Å². The Balaban J connectivity index is 2.17. The van der Waals surface area contributed by atoms with Crippen LogP contribution in [0.1, 0.15) is 27.7 Å². The maximum atomic E-state index is 10.5. The van der Waals surface area contributed by atoms with Crippen LogP contribution in [-0.4, -0.2) is 17.6 Å². The highest BCUT2D eigenvalue weighted by Gasteiger charge is 2.20. The number of carboxylic acids is 1. The molecule has 1 fully saturated rings. The summed E-state index contributed by atoms with van der Waals surface area (Å²) < 4.78 is 0. The summed E-state index contributed by atoms with van der Waals surface area (Å²) in [6.07, 6.45) is 1.12. The number of hydrogen-bond donors (Lipinski definition) is 2. The number of thiophene rings is 1. The Labute approximate surface area is 74.0 Å². The van der Waals surface area contributed by atoms with Crippen LogP contribution in [0.3, 0.4) is 0 Å². The van der Waals surface area contributed by atoms with E-state index in [0.29, 0.717) is 10.9 Å². The molecule has 2 N–H and O–H groups in total. The third-order valence-electron chi connectivity index (χ3n) is 2.06. The second-order valence-corrected chi connectivity index (χ2v) is 3.76. The van der Waals surface area contributed by atoms with Crippen molar-refractivity contribution < 1.29 is 9.90 Å². The molecule has 12 heavy (non-hydrogen) atoms. The Bertz CT molecular complexity index is 304. The van der Waals surface area contributed by atoms with Crippen LogP contribution in [0.15, 0.2) is 11.4 Å². The Morgan fingerprint density at radius 2 is 2.50 bits per heavy atom. The van der Waals surface area contributed by atoms with Gasteiger partial charge in [-0.1, -0.05) is 0 Å². The lowest BCUT2D eigenvalue weighted by Gasteiger charge is -2.26. The molecular formula is C8H9NO2S. The molecule has 0 radical (unpaired) electrons. The molecule has 1 aliphatic heterocycles. The molecule has 1 atom stereocenters. The van der Waals surface area contributed by atoms with E-state index in [1.54, 1.807) is 6.07 Å². The highest BCUT2D eigenvalue weighted by molar-refractivity contribution is 7.12. The van der Waals surface area contributed by atoms with Crippen molar-refractivity contribution in [2.24, 2.45) is 0 Å². The predicted octanol–water partition coefficient (Wildman–Crippen LogP) is 1.48. The van der Waals surface area contributed by atoms with Crippen LogP contribution in [0.25, 0.3) is 0 Å². The van der Waals surface area contributed by atoms with E-state index in [4.69, 9.17) is 5.11 Å². The Kier molecular flexibility index (Phi) is 1.86. The fourth-order valence-electron chi connectivity index (χ4n) is 1.22. The van der Waals surface area contributed by atoms with Gasteiger partial charge in [-0.2, -0.15) is 0 Å². The van der Waals surface area contributed by atoms with Crippen molar-refractivity contribution in [2.45, 2.75) is 12.5 Å². The maximum absolute atomic E-state index is 10.5. The molecule has 1 aromatic rings. The first kappa shape index (κ1) is 7.76. The minimum Gasteiger partial charge on any atom is -0.477 e. The van der Waals surface area contributed by atoms with Crippen molar-refractivity contribution in [1.29, 1.82) is 0 Å². The van der Waals surface area contributed by atoms with Gasteiger partial charge in [-0.25, -0.2) is 4.79 Å². The van der Waals surface area contributed by atoms with E-state index in [9.17, 15) is 4.79 Å². The quantitative estimate of drug-likeness (QED) is 0.730. The molecule has 1 aliphatic rings. The van der Waals surface area contributed by atoms with Gasteiger partial charge in [0.15, 0.2) is 0 Å². The van der Waals surface area contributed by atoms with Gasteiger partial charge in [0.05, 0.1) is 0 Å². The van der Waals surface area contributed by atoms with Crippen LogP contribution < -0.4 is 5.32 Å². The molecule has 0 aromatic carbocycles. The molecule has 0 spiro atoms. The average Bonchev–Trinajstić information content (AvgIpc) is 2.32. The SMILES string of the molecule is O=C(O)c1cc([C@H]2CCN2)cs1. The van der Waals surface area contributed by atoms with Crippen molar-refractivity contribution in [3.8, 4) is 0 Å². The van der Waals surface area contributed by atoms with Gasteiger partial charge in [0.2, 0.25) is 0 Å². The topological polar surface area (TPSA) is 49.3 Å². The molecule has 0 saturated carbocycles. The molecule has 0 unspecified atom stereocenters. The van der Waals surface area contributed by atoms with Gasteiger partial charge >= 0.3 is 5.97 Å². The van der Waals surface area contributed by atoms with E-state index in [2.05, 4.69) is 5.32 Å². The Morgan fingerprint density at radius 3 is 2.92 bits per heavy atom. The molecule has 0 aliphatic carbocycles. The summed E-state index contributed by atoms with van der Waals surface area (Å²) in [4.78, 5) is 11.0. The van der Waals surface area contributed by atoms with Gasteiger partial charge < -0.3 is 10.4 Å². The lowest BCUT2D eigenvalue weighted by molar-refractivity contribution is 0.0702. The fourth-order valence-corrected chi connectivity index (χ4v) is 2.02. The number of carboxylic acid groups (broad SMARTS) is 1. The summed E-state index contributed by atoms with van der Waals surface area (Å²) in [6, 6.07) is 2.15. The third kappa shape index (κ3) is 1.23. The van der Waals surface area contributed by atoms with Crippen molar-refractivity contribution >= 4 is 17.3 Å². The average molecular weight is 183 g/mol. The molecule has 0 amide bonds. The second-order valence-electron chi connectivity index (χ2n) is 2.84. The van der Waals surface area contributed by atoms with Gasteiger partial charge in [-0.3, -0.25) is 0 Å². The molecule has 64 valence electrons.